The van der Waals surface area contributed by atoms with E-state index in [1.165, 1.54) is 0 Å². The van der Waals surface area contributed by atoms with Gasteiger partial charge in [0.25, 0.3) is 0 Å². The molecule has 3 aromatic carbocycles. The number of fused-ring (bicyclic) bond motifs is 3. The van der Waals surface area contributed by atoms with Gasteiger partial charge in [-0.3, -0.25) is 0 Å². The largest absolute Gasteiger partial charge is 0.504 e. The Hall–Kier alpha value is -3.42. The van der Waals surface area contributed by atoms with Crippen molar-refractivity contribution in [3.8, 4) is 23.0 Å². The number of ether oxygens (including phenoxy) is 2. The number of phenolic OH excluding ortho intramolecular Hbond substituents is 2. The van der Waals surface area contributed by atoms with E-state index in [1.54, 1.807) is 36.4 Å². The third-order valence-corrected chi connectivity index (χ3v) is 4.80. The summed E-state index contributed by atoms with van der Waals surface area (Å²) in [4.78, 5) is 3.30. The fourth-order valence-corrected chi connectivity index (χ4v) is 3.36. The summed E-state index contributed by atoms with van der Waals surface area (Å²) >= 11 is 0. The van der Waals surface area contributed by atoms with Crippen LogP contribution in [0.4, 0.5) is 0 Å². The molecule has 0 aliphatic heterocycles. The van der Waals surface area contributed by atoms with Gasteiger partial charge in [0.15, 0.2) is 23.0 Å². The lowest BCUT2D eigenvalue weighted by molar-refractivity contribution is 0.105. The number of aromatic nitrogens is 1. The highest BCUT2D eigenvalue weighted by Gasteiger charge is 2.15. The van der Waals surface area contributed by atoms with Crippen LogP contribution in [0.5, 0.6) is 23.0 Å². The maximum atomic E-state index is 10.3. The Balaban J connectivity index is 1.31. The van der Waals surface area contributed by atoms with Gasteiger partial charge >= 0.3 is 0 Å². The van der Waals surface area contributed by atoms with Crippen LogP contribution >= 0.6 is 0 Å². The number of hydrogen-bond donors (Lipinski definition) is 5. The number of phenols is 2. The molecule has 0 bridgehead atoms. The van der Waals surface area contributed by atoms with Crippen molar-refractivity contribution in [2.45, 2.75) is 6.10 Å². The number of rotatable bonds is 9. The Labute approximate surface area is 173 Å². The Bertz CT molecular complexity index is 1140. The fraction of sp³-hybridized carbons (Fsp3) is 0.217. The zero-order valence-corrected chi connectivity index (χ0v) is 16.3. The first-order chi connectivity index (χ1) is 14.6. The second-order valence-electron chi connectivity index (χ2n) is 6.99. The highest BCUT2D eigenvalue weighted by Crippen LogP contribution is 2.39. The molecule has 0 fully saturated rings. The molecular weight excluding hydrogens is 384 g/mol. The quantitative estimate of drug-likeness (QED) is 0.273. The van der Waals surface area contributed by atoms with Crippen molar-refractivity contribution >= 4 is 21.8 Å². The van der Waals surface area contributed by atoms with Crippen LogP contribution in [-0.2, 0) is 0 Å². The molecule has 0 radical (unpaired) electrons. The number of aromatic amines is 1. The summed E-state index contributed by atoms with van der Waals surface area (Å²) in [5, 5.41) is 35.0. The highest BCUT2D eigenvalue weighted by molar-refractivity contribution is 6.11. The van der Waals surface area contributed by atoms with Crippen LogP contribution in [0.2, 0.25) is 0 Å². The van der Waals surface area contributed by atoms with Crippen molar-refractivity contribution in [1.82, 2.24) is 10.3 Å². The lowest BCUT2D eigenvalue weighted by atomic mass is 10.1. The molecule has 4 rings (SSSR count). The first-order valence-electron chi connectivity index (χ1n) is 9.78. The van der Waals surface area contributed by atoms with E-state index in [0.29, 0.717) is 31.2 Å². The summed E-state index contributed by atoms with van der Waals surface area (Å²) in [6.07, 6.45) is -0.769. The molecule has 1 unspecified atom stereocenters. The topological polar surface area (TPSA) is 107 Å². The van der Waals surface area contributed by atoms with Crippen LogP contribution in [0.15, 0.2) is 60.7 Å². The standard InChI is InChI=1S/C23H24N2O5/c26-15(13-24-11-12-29-21-8-4-3-7-19(21)27)14-30-23-20(28)10-9-18-22(23)16-5-1-2-6-17(16)25-18/h1-10,15,24-28H,11-14H2. The number of aromatic hydroxyl groups is 2. The second kappa shape index (κ2) is 8.94. The van der Waals surface area contributed by atoms with Crippen LogP contribution < -0.4 is 14.8 Å². The molecule has 1 heterocycles. The first kappa shape index (κ1) is 19.9. The number of para-hydroxylation sites is 3. The van der Waals surface area contributed by atoms with Gasteiger partial charge in [0.2, 0.25) is 0 Å². The molecule has 7 heteroatoms. The summed E-state index contributed by atoms with van der Waals surface area (Å²) in [6.45, 7) is 1.17. The summed E-state index contributed by atoms with van der Waals surface area (Å²) < 4.78 is 11.3. The minimum absolute atomic E-state index is 0.0273. The van der Waals surface area contributed by atoms with Crippen molar-refractivity contribution in [3.63, 3.8) is 0 Å². The number of benzene rings is 3. The van der Waals surface area contributed by atoms with E-state index >= 15 is 0 Å². The van der Waals surface area contributed by atoms with Gasteiger partial charge in [0.1, 0.15) is 19.3 Å². The van der Waals surface area contributed by atoms with Crippen molar-refractivity contribution in [2.24, 2.45) is 0 Å². The minimum Gasteiger partial charge on any atom is -0.504 e. The predicted octanol–water partition coefficient (Wildman–Crippen LogP) is 3.14. The Kier molecular flexibility index (Phi) is 5.92. The molecule has 5 N–H and O–H groups in total. The van der Waals surface area contributed by atoms with Gasteiger partial charge in [-0.1, -0.05) is 30.3 Å². The molecular formula is C23H24N2O5. The summed E-state index contributed by atoms with van der Waals surface area (Å²) in [6, 6.07) is 17.9. The third-order valence-electron chi connectivity index (χ3n) is 4.80. The minimum atomic E-state index is -0.769. The van der Waals surface area contributed by atoms with Gasteiger partial charge in [-0.05, 0) is 30.3 Å². The molecule has 1 atom stereocenters. The zero-order valence-electron chi connectivity index (χ0n) is 16.3. The predicted molar refractivity (Wildman–Crippen MR) is 115 cm³/mol. The first-order valence-corrected chi connectivity index (χ1v) is 9.78. The Morgan fingerprint density at radius 3 is 2.53 bits per heavy atom. The van der Waals surface area contributed by atoms with Gasteiger partial charge in [-0.2, -0.15) is 0 Å². The number of hydrogen-bond acceptors (Lipinski definition) is 6. The maximum Gasteiger partial charge on any atom is 0.171 e. The number of aliphatic hydroxyl groups is 1. The van der Waals surface area contributed by atoms with E-state index in [2.05, 4.69) is 10.3 Å². The molecule has 0 saturated carbocycles. The lowest BCUT2D eigenvalue weighted by Gasteiger charge is -2.15. The number of H-pyrrole nitrogens is 1. The van der Waals surface area contributed by atoms with Crippen molar-refractivity contribution in [1.29, 1.82) is 0 Å². The lowest BCUT2D eigenvalue weighted by Crippen LogP contribution is -2.33. The van der Waals surface area contributed by atoms with E-state index in [4.69, 9.17) is 9.47 Å². The average Bonchev–Trinajstić information content (AvgIpc) is 3.13. The number of nitrogens with one attached hydrogen (secondary N) is 2. The molecule has 4 aromatic rings. The van der Waals surface area contributed by atoms with Gasteiger partial charge in [-0.15, -0.1) is 0 Å². The Morgan fingerprint density at radius 2 is 1.67 bits per heavy atom. The van der Waals surface area contributed by atoms with E-state index < -0.39 is 6.10 Å². The monoisotopic (exact) mass is 408 g/mol. The molecule has 0 aliphatic rings. The van der Waals surface area contributed by atoms with E-state index in [9.17, 15) is 15.3 Å². The highest BCUT2D eigenvalue weighted by atomic mass is 16.5. The van der Waals surface area contributed by atoms with Gasteiger partial charge < -0.3 is 35.1 Å². The molecule has 156 valence electrons. The number of aliphatic hydroxyl groups excluding tert-OH is 1. The van der Waals surface area contributed by atoms with Crippen LogP contribution in [-0.4, -0.2) is 52.7 Å². The maximum absolute atomic E-state index is 10.3. The molecule has 0 amide bonds. The van der Waals surface area contributed by atoms with Gasteiger partial charge in [0.05, 0.1) is 10.9 Å². The molecule has 30 heavy (non-hydrogen) atoms. The van der Waals surface area contributed by atoms with Gasteiger partial charge in [-0.25, -0.2) is 0 Å². The normalized spacial score (nSPS) is 12.3. The second-order valence-corrected chi connectivity index (χ2v) is 6.99. The van der Waals surface area contributed by atoms with Crippen LogP contribution in [0.1, 0.15) is 0 Å². The average molecular weight is 408 g/mol. The smallest absolute Gasteiger partial charge is 0.171 e. The molecule has 0 saturated heterocycles. The molecule has 0 spiro atoms. The molecule has 7 nitrogen and oxygen atoms in total. The Morgan fingerprint density at radius 1 is 0.867 bits per heavy atom. The van der Waals surface area contributed by atoms with Gasteiger partial charge in [0, 0.05) is 24.0 Å². The van der Waals surface area contributed by atoms with E-state index in [0.717, 1.165) is 21.8 Å². The van der Waals surface area contributed by atoms with E-state index in [1.807, 2.05) is 24.3 Å². The molecule has 1 aromatic heterocycles. The van der Waals surface area contributed by atoms with Crippen LogP contribution in [0, 0.1) is 0 Å². The summed E-state index contributed by atoms with van der Waals surface area (Å²) in [5.74, 6) is 0.901. The van der Waals surface area contributed by atoms with Crippen molar-refractivity contribution in [2.75, 3.05) is 26.3 Å². The van der Waals surface area contributed by atoms with Crippen molar-refractivity contribution in [3.05, 3.63) is 60.7 Å². The van der Waals surface area contributed by atoms with Crippen LogP contribution in [0.3, 0.4) is 0 Å². The summed E-state index contributed by atoms with van der Waals surface area (Å²) in [7, 11) is 0. The third kappa shape index (κ3) is 4.27. The summed E-state index contributed by atoms with van der Waals surface area (Å²) in [5.41, 5.74) is 1.81. The van der Waals surface area contributed by atoms with E-state index in [-0.39, 0.29) is 18.1 Å². The van der Waals surface area contributed by atoms with Crippen molar-refractivity contribution < 1.29 is 24.8 Å². The SMILES string of the molecule is Oc1ccccc1OCCNCC(O)COc1c(O)ccc2[nH]c3ccccc3c12. The molecule has 0 aliphatic carbocycles. The van der Waals surface area contributed by atoms with Crippen LogP contribution in [0.25, 0.3) is 21.8 Å². The zero-order chi connectivity index (χ0) is 20.9. The fourth-order valence-electron chi connectivity index (χ4n) is 3.36.